The molecule has 0 heterocycles. The van der Waals surface area contributed by atoms with Crippen molar-refractivity contribution in [2.45, 2.75) is 17.9 Å². The minimum atomic E-state index is -1.61. The fourth-order valence-electron chi connectivity index (χ4n) is 1.30. The number of carboxylic acid groups (broad SMARTS) is 1. The number of alkyl halides is 1. The summed E-state index contributed by atoms with van der Waals surface area (Å²) in [4.78, 5) is 22.2. The molecule has 0 aliphatic rings. The lowest BCUT2D eigenvalue weighted by molar-refractivity contribution is -0.147. The van der Waals surface area contributed by atoms with Crippen LogP contribution in [0.25, 0.3) is 0 Å². The van der Waals surface area contributed by atoms with E-state index in [1.54, 1.807) is 19.1 Å². The molecule has 92 valence electrons. The summed E-state index contributed by atoms with van der Waals surface area (Å²) in [5.74, 6) is -1.48. The van der Waals surface area contributed by atoms with Crippen molar-refractivity contribution >= 4 is 50.3 Å². The summed E-state index contributed by atoms with van der Waals surface area (Å²) in [6.07, 6.45) is -1.61. The fourth-order valence-corrected chi connectivity index (χ4v) is 2.47. The van der Waals surface area contributed by atoms with Crippen molar-refractivity contribution in [3.05, 3.63) is 32.9 Å². The van der Waals surface area contributed by atoms with Crippen LogP contribution >= 0.6 is 38.5 Å². The highest BCUT2D eigenvalue weighted by Crippen LogP contribution is 2.25. The molecule has 0 amide bonds. The summed E-state index contributed by atoms with van der Waals surface area (Å²) in [5, 5.41) is 18.2. The van der Waals surface area contributed by atoms with E-state index in [1.165, 1.54) is 6.07 Å². The average molecular weight is 413 g/mol. The molecule has 0 aromatic heterocycles. The van der Waals surface area contributed by atoms with E-state index in [1.807, 2.05) is 22.6 Å². The zero-order chi connectivity index (χ0) is 13.2. The van der Waals surface area contributed by atoms with Crippen molar-refractivity contribution < 1.29 is 19.8 Å². The highest BCUT2D eigenvalue weighted by Gasteiger charge is 2.23. The Hall–Kier alpha value is -0.470. The molecule has 0 aliphatic heterocycles. The first-order chi connectivity index (χ1) is 7.86. The second-order valence-corrected chi connectivity index (χ2v) is 5.88. The monoisotopic (exact) mass is 412 g/mol. The zero-order valence-corrected chi connectivity index (χ0v) is 12.6. The Morgan fingerprint density at radius 2 is 2.00 bits per heavy atom. The van der Waals surface area contributed by atoms with E-state index >= 15 is 0 Å². The number of carbonyl (C=O) groups excluding carboxylic acids is 1. The summed E-state index contributed by atoms with van der Waals surface area (Å²) in [7, 11) is 0. The molecule has 2 atom stereocenters. The Bertz CT molecular complexity index is 459. The molecule has 2 unspecified atom stereocenters. The number of ketones is 1. The number of rotatable bonds is 4. The molecule has 6 heteroatoms. The maximum absolute atomic E-state index is 11.8. The number of halogens is 2. The molecule has 1 rings (SSSR count). The Morgan fingerprint density at radius 3 is 2.47 bits per heavy atom. The van der Waals surface area contributed by atoms with E-state index < -0.39 is 12.1 Å². The molecule has 0 bridgehead atoms. The molecule has 0 saturated carbocycles. The summed E-state index contributed by atoms with van der Waals surface area (Å²) < 4.78 is 0.469. The third kappa shape index (κ3) is 3.26. The van der Waals surface area contributed by atoms with Crippen molar-refractivity contribution in [1.29, 1.82) is 0 Å². The van der Waals surface area contributed by atoms with Crippen LogP contribution in [0.15, 0.2) is 18.2 Å². The molecule has 4 nitrogen and oxygen atoms in total. The fraction of sp³-hybridized carbons (Fsp3) is 0.273. The van der Waals surface area contributed by atoms with Crippen LogP contribution in [-0.2, 0) is 4.79 Å². The van der Waals surface area contributed by atoms with Crippen LogP contribution in [-0.4, -0.2) is 26.8 Å². The third-order valence-electron chi connectivity index (χ3n) is 2.18. The van der Waals surface area contributed by atoms with Crippen LogP contribution in [0.4, 0.5) is 0 Å². The maximum atomic E-state index is 11.8. The zero-order valence-electron chi connectivity index (χ0n) is 8.85. The van der Waals surface area contributed by atoms with Gasteiger partial charge in [0, 0.05) is 14.7 Å². The van der Waals surface area contributed by atoms with Crippen LogP contribution in [0.5, 0.6) is 0 Å². The van der Waals surface area contributed by atoms with E-state index in [4.69, 9.17) is 5.11 Å². The van der Waals surface area contributed by atoms with Gasteiger partial charge in [-0.05, 0) is 29.5 Å². The maximum Gasteiger partial charge on any atom is 0.337 e. The van der Waals surface area contributed by atoms with E-state index in [9.17, 15) is 14.7 Å². The molecular weight excluding hydrogens is 403 g/mol. The number of carboxylic acids is 1. The number of carbonyl (C=O) groups is 2. The van der Waals surface area contributed by atoms with Gasteiger partial charge < -0.3 is 10.2 Å². The lowest BCUT2D eigenvalue weighted by atomic mass is 10.0. The first-order valence-corrected chi connectivity index (χ1v) is 6.73. The van der Waals surface area contributed by atoms with Gasteiger partial charge in [-0.2, -0.15) is 0 Å². The summed E-state index contributed by atoms with van der Waals surface area (Å²) in [6.45, 7) is 1.69. The van der Waals surface area contributed by atoms with Crippen LogP contribution < -0.4 is 0 Å². The van der Waals surface area contributed by atoms with Crippen molar-refractivity contribution in [2.24, 2.45) is 0 Å². The van der Waals surface area contributed by atoms with Crippen LogP contribution in [0.1, 0.15) is 28.9 Å². The van der Waals surface area contributed by atoms with Crippen molar-refractivity contribution in [2.75, 3.05) is 0 Å². The Morgan fingerprint density at radius 1 is 1.41 bits per heavy atom. The topological polar surface area (TPSA) is 74.6 Å². The van der Waals surface area contributed by atoms with Gasteiger partial charge in [-0.3, -0.25) is 4.79 Å². The first-order valence-electron chi connectivity index (χ1n) is 4.73. The molecule has 1 aromatic carbocycles. The Kier molecular flexibility index (Phi) is 5.08. The number of aliphatic hydroxyl groups excluding tert-OH is 1. The molecule has 0 radical (unpaired) electrons. The smallest absolute Gasteiger partial charge is 0.337 e. The number of aliphatic carboxylic acids is 1. The Balaban J connectivity index is 3.25. The third-order valence-corrected chi connectivity index (χ3v) is 3.80. The van der Waals surface area contributed by atoms with Gasteiger partial charge in [-0.1, -0.05) is 34.1 Å². The lowest BCUT2D eigenvalue weighted by Crippen LogP contribution is -2.16. The van der Waals surface area contributed by atoms with E-state index in [-0.39, 0.29) is 16.2 Å². The molecular formula is C11H10BrIO4. The molecule has 0 saturated heterocycles. The van der Waals surface area contributed by atoms with Gasteiger partial charge in [0.15, 0.2) is 11.9 Å². The largest absolute Gasteiger partial charge is 0.479 e. The second kappa shape index (κ2) is 5.92. The van der Waals surface area contributed by atoms with Gasteiger partial charge in [-0.15, -0.1) is 0 Å². The molecule has 2 N–H and O–H groups in total. The predicted octanol–water partition coefficient (Wildman–Crippen LogP) is 2.38. The summed E-state index contributed by atoms with van der Waals surface area (Å²) in [6, 6.07) is 4.67. The molecule has 0 fully saturated rings. The van der Waals surface area contributed by atoms with Crippen molar-refractivity contribution in [3.8, 4) is 0 Å². The summed E-state index contributed by atoms with van der Waals surface area (Å²) in [5.41, 5.74) is 0.643. The van der Waals surface area contributed by atoms with E-state index in [0.717, 1.165) is 0 Å². The van der Waals surface area contributed by atoms with E-state index in [0.29, 0.717) is 9.13 Å². The highest BCUT2D eigenvalue weighted by atomic mass is 127. The highest BCUT2D eigenvalue weighted by molar-refractivity contribution is 14.1. The Labute approximate surface area is 120 Å². The van der Waals surface area contributed by atoms with Gasteiger partial charge in [-0.25, -0.2) is 4.79 Å². The molecule has 0 spiro atoms. The van der Waals surface area contributed by atoms with Gasteiger partial charge in [0.25, 0.3) is 0 Å². The normalized spacial score (nSPS) is 14.1. The van der Waals surface area contributed by atoms with E-state index in [2.05, 4.69) is 15.9 Å². The molecule has 17 heavy (non-hydrogen) atoms. The minimum absolute atomic E-state index is 0.145. The van der Waals surface area contributed by atoms with Crippen molar-refractivity contribution in [1.82, 2.24) is 0 Å². The van der Waals surface area contributed by atoms with Gasteiger partial charge in [0.1, 0.15) is 0 Å². The SMILES string of the molecule is CC(Br)C(=O)c1cccc(C(O)C(=O)O)c1I. The van der Waals surface area contributed by atoms with Gasteiger partial charge >= 0.3 is 5.97 Å². The van der Waals surface area contributed by atoms with Crippen LogP contribution in [0, 0.1) is 3.57 Å². The van der Waals surface area contributed by atoms with Crippen molar-refractivity contribution in [3.63, 3.8) is 0 Å². The van der Waals surface area contributed by atoms with Crippen LogP contribution in [0.3, 0.4) is 0 Å². The minimum Gasteiger partial charge on any atom is -0.479 e. The number of aliphatic hydroxyl groups is 1. The number of Topliss-reactive ketones (excluding diaryl/α,β-unsaturated/α-hetero) is 1. The number of hydrogen-bond donors (Lipinski definition) is 2. The molecule has 0 aliphatic carbocycles. The lowest BCUT2D eigenvalue weighted by Gasteiger charge is -2.12. The number of hydrogen-bond acceptors (Lipinski definition) is 3. The standard InChI is InChI=1S/C11H10BrIO4/c1-5(12)9(14)6-3-2-4-7(8(6)13)10(15)11(16)17/h2-5,10,15H,1H3,(H,16,17). The predicted molar refractivity (Wildman–Crippen MR) is 74.5 cm³/mol. The second-order valence-electron chi connectivity index (χ2n) is 3.43. The summed E-state index contributed by atoms with van der Waals surface area (Å²) >= 11 is 5.04. The molecule has 1 aromatic rings. The van der Waals surface area contributed by atoms with Gasteiger partial charge in [0.05, 0.1) is 4.83 Å². The number of benzene rings is 1. The first kappa shape index (κ1) is 14.6. The average Bonchev–Trinajstić information content (AvgIpc) is 2.27. The van der Waals surface area contributed by atoms with Crippen LogP contribution in [0.2, 0.25) is 0 Å². The quantitative estimate of drug-likeness (QED) is 0.452. The van der Waals surface area contributed by atoms with Gasteiger partial charge in [0.2, 0.25) is 0 Å².